The Bertz CT molecular complexity index is 356. The average molecular weight is 262 g/mol. The van der Waals surface area contributed by atoms with Crippen LogP contribution in [0.2, 0.25) is 0 Å². The van der Waals surface area contributed by atoms with Crippen molar-refractivity contribution in [2.75, 3.05) is 18.8 Å². The van der Waals surface area contributed by atoms with E-state index >= 15 is 0 Å². The molecule has 2 nitrogen and oxygen atoms in total. The lowest BCUT2D eigenvalue weighted by molar-refractivity contribution is 0.168. The number of anilines is 1. The number of rotatable bonds is 8. The highest BCUT2D eigenvalue weighted by Gasteiger charge is 2.16. The lowest BCUT2D eigenvalue weighted by Gasteiger charge is -2.32. The van der Waals surface area contributed by atoms with Gasteiger partial charge in [0.2, 0.25) is 0 Å². The van der Waals surface area contributed by atoms with Gasteiger partial charge in [-0.1, -0.05) is 45.9 Å². The van der Waals surface area contributed by atoms with Crippen LogP contribution in [0, 0.1) is 5.92 Å². The second-order valence-electron chi connectivity index (χ2n) is 5.81. The summed E-state index contributed by atoms with van der Waals surface area (Å²) < 4.78 is 0. The van der Waals surface area contributed by atoms with E-state index in [9.17, 15) is 0 Å². The predicted molar refractivity (Wildman–Crippen MR) is 85.3 cm³/mol. The van der Waals surface area contributed by atoms with Crippen LogP contribution in [0.3, 0.4) is 0 Å². The molecular formula is C17H30N2. The van der Waals surface area contributed by atoms with Crippen molar-refractivity contribution in [1.82, 2.24) is 4.90 Å². The van der Waals surface area contributed by atoms with E-state index in [1.54, 1.807) is 0 Å². The molecule has 0 unspecified atom stereocenters. The first kappa shape index (κ1) is 16.0. The van der Waals surface area contributed by atoms with Crippen molar-refractivity contribution < 1.29 is 0 Å². The van der Waals surface area contributed by atoms with E-state index in [-0.39, 0.29) is 0 Å². The van der Waals surface area contributed by atoms with Crippen LogP contribution in [0.5, 0.6) is 0 Å². The normalized spacial score (nSPS) is 11.7. The first-order valence-electron chi connectivity index (χ1n) is 7.65. The second kappa shape index (κ2) is 8.21. The highest BCUT2D eigenvalue weighted by molar-refractivity contribution is 5.46. The molecule has 0 atom stereocenters. The Morgan fingerprint density at radius 2 is 1.74 bits per heavy atom. The van der Waals surface area contributed by atoms with Crippen molar-refractivity contribution in [3.8, 4) is 0 Å². The molecule has 1 rings (SSSR count). The molecule has 0 bridgehead atoms. The third kappa shape index (κ3) is 5.23. The molecule has 19 heavy (non-hydrogen) atoms. The third-order valence-corrected chi connectivity index (χ3v) is 3.78. The third-order valence-electron chi connectivity index (χ3n) is 3.78. The summed E-state index contributed by atoms with van der Waals surface area (Å²) in [7, 11) is 0. The fourth-order valence-electron chi connectivity index (χ4n) is 2.72. The molecule has 1 aromatic carbocycles. The van der Waals surface area contributed by atoms with Crippen LogP contribution in [0.1, 0.15) is 46.1 Å². The quantitative estimate of drug-likeness (QED) is 0.719. The largest absolute Gasteiger partial charge is 0.399 e. The van der Waals surface area contributed by atoms with E-state index in [1.807, 2.05) is 12.1 Å². The number of hydrogen-bond donors (Lipinski definition) is 1. The Hall–Kier alpha value is -1.02. The van der Waals surface area contributed by atoms with Gasteiger partial charge in [0, 0.05) is 24.8 Å². The summed E-state index contributed by atoms with van der Waals surface area (Å²) in [5.74, 6) is 0.716. The molecule has 0 aliphatic rings. The second-order valence-corrected chi connectivity index (χ2v) is 5.81. The Morgan fingerprint density at radius 1 is 1.11 bits per heavy atom. The van der Waals surface area contributed by atoms with Crippen LogP contribution in [-0.2, 0) is 6.42 Å². The minimum absolute atomic E-state index is 0.701. The van der Waals surface area contributed by atoms with E-state index in [4.69, 9.17) is 5.73 Å². The van der Waals surface area contributed by atoms with Gasteiger partial charge >= 0.3 is 0 Å². The summed E-state index contributed by atoms with van der Waals surface area (Å²) in [6.45, 7) is 11.5. The van der Waals surface area contributed by atoms with Gasteiger partial charge in [0.25, 0.3) is 0 Å². The van der Waals surface area contributed by atoms with E-state index in [2.05, 4.69) is 44.7 Å². The lowest BCUT2D eigenvalue weighted by atomic mass is 10.0. The summed E-state index contributed by atoms with van der Waals surface area (Å²) in [5, 5.41) is 0. The van der Waals surface area contributed by atoms with Crippen molar-refractivity contribution in [2.24, 2.45) is 5.92 Å². The molecule has 2 heteroatoms. The van der Waals surface area contributed by atoms with Crippen LogP contribution < -0.4 is 5.73 Å². The van der Waals surface area contributed by atoms with Crippen molar-refractivity contribution in [2.45, 2.75) is 53.0 Å². The zero-order valence-electron chi connectivity index (χ0n) is 13.0. The summed E-state index contributed by atoms with van der Waals surface area (Å²) >= 11 is 0. The molecular weight excluding hydrogens is 232 g/mol. The first-order valence-corrected chi connectivity index (χ1v) is 7.65. The molecule has 0 aliphatic heterocycles. The van der Waals surface area contributed by atoms with Crippen LogP contribution >= 0.6 is 0 Å². The molecule has 0 spiro atoms. The highest BCUT2D eigenvalue weighted by Crippen LogP contribution is 2.16. The predicted octanol–water partition coefficient (Wildman–Crippen LogP) is 3.96. The Labute approximate surface area is 119 Å². The van der Waals surface area contributed by atoms with Crippen molar-refractivity contribution in [1.29, 1.82) is 0 Å². The monoisotopic (exact) mass is 262 g/mol. The average Bonchev–Trinajstić information content (AvgIpc) is 2.38. The van der Waals surface area contributed by atoms with E-state index in [1.165, 1.54) is 24.9 Å². The number of para-hydroxylation sites is 1. The van der Waals surface area contributed by atoms with Gasteiger partial charge in [-0.3, -0.25) is 4.90 Å². The van der Waals surface area contributed by atoms with Gasteiger partial charge in [-0.05, 0) is 36.8 Å². The van der Waals surface area contributed by atoms with Crippen molar-refractivity contribution in [3.63, 3.8) is 0 Å². The van der Waals surface area contributed by atoms with Crippen LogP contribution in [0.25, 0.3) is 0 Å². The first-order chi connectivity index (χ1) is 9.08. The SMILES string of the molecule is CCC(CC)N(CCc1ccccc1N)CC(C)C. The molecule has 0 fully saturated rings. The molecule has 0 aromatic heterocycles. The smallest absolute Gasteiger partial charge is 0.0347 e. The Morgan fingerprint density at radius 3 is 2.26 bits per heavy atom. The van der Waals surface area contributed by atoms with E-state index in [0.29, 0.717) is 12.0 Å². The zero-order valence-corrected chi connectivity index (χ0v) is 13.0. The number of hydrogen-bond acceptors (Lipinski definition) is 2. The maximum Gasteiger partial charge on any atom is 0.0347 e. The molecule has 0 aliphatic carbocycles. The molecule has 108 valence electrons. The van der Waals surface area contributed by atoms with Crippen molar-refractivity contribution in [3.05, 3.63) is 29.8 Å². The molecule has 0 saturated heterocycles. The molecule has 0 radical (unpaired) electrons. The molecule has 1 aromatic rings. The van der Waals surface area contributed by atoms with Gasteiger partial charge in [-0.2, -0.15) is 0 Å². The lowest BCUT2D eigenvalue weighted by Crippen LogP contribution is -2.38. The fraction of sp³-hybridized carbons (Fsp3) is 0.647. The van der Waals surface area contributed by atoms with E-state index < -0.39 is 0 Å². The topological polar surface area (TPSA) is 29.3 Å². The number of nitrogen functional groups attached to an aromatic ring is 1. The number of benzene rings is 1. The van der Waals surface area contributed by atoms with E-state index in [0.717, 1.165) is 18.7 Å². The molecule has 0 amide bonds. The van der Waals surface area contributed by atoms with Gasteiger partial charge in [-0.25, -0.2) is 0 Å². The summed E-state index contributed by atoms with van der Waals surface area (Å²) in [4.78, 5) is 2.64. The maximum atomic E-state index is 6.03. The van der Waals surface area contributed by atoms with Gasteiger partial charge in [-0.15, -0.1) is 0 Å². The van der Waals surface area contributed by atoms with Crippen LogP contribution in [0.15, 0.2) is 24.3 Å². The molecule has 2 N–H and O–H groups in total. The van der Waals surface area contributed by atoms with Crippen LogP contribution in [0.4, 0.5) is 5.69 Å². The minimum Gasteiger partial charge on any atom is -0.399 e. The van der Waals surface area contributed by atoms with Gasteiger partial charge in [0.1, 0.15) is 0 Å². The minimum atomic E-state index is 0.701. The summed E-state index contributed by atoms with van der Waals surface area (Å²) in [6.07, 6.45) is 3.51. The van der Waals surface area contributed by atoms with Crippen LogP contribution in [-0.4, -0.2) is 24.0 Å². The van der Waals surface area contributed by atoms with Gasteiger partial charge in [0.05, 0.1) is 0 Å². The Kier molecular flexibility index (Phi) is 6.93. The zero-order chi connectivity index (χ0) is 14.3. The van der Waals surface area contributed by atoms with Gasteiger partial charge < -0.3 is 5.73 Å². The number of nitrogens with zero attached hydrogens (tertiary/aromatic N) is 1. The molecule has 0 heterocycles. The summed E-state index contributed by atoms with van der Waals surface area (Å²) in [6, 6.07) is 8.93. The standard InChI is InChI=1S/C17H30N2/c1-5-16(6-2)19(13-14(3)4)12-11-15-9-7-8-10-17(15)18/h7-10,14,16H,5-6,11-13,18H2,1-4H3. The Balaban J connectivity index is 2.64. The van der Waals surface area contributed by atoms with Crippen molar-refractivity contribution >= 4 is 5.69 Å². The van der Waals surface area contributed by atoms with Gasteiger partial charge in [0.15, 0.2) is 0 Å². The molecule has 0 saturated carbocycles. The fourth-order valence-corrected chi connectivity index (χ4v) is 2.72. The maximum absolute atomic E-state index is 6.03. The number of nitrogens with two attached hydrogens (primary N) is 1. The highest BCUT2D eigenvalue weighted by atomic mass is 15.1. The summed E-state index contributed by atoms with van der Waals surface area (Å²) in [5.41, 5.74) is 8.24.